The summed E-state index contributed by atoms with van der Waals surface area (Å²) < 4.78 is 0. The number of nitrogens with one attached hydrogen (secondary N) is 1. The standard InChI is InChI=1S/C18H24N4O/c1-19-18(23)13-22-9-2-3-14(6-10-22)11-15-4-8-21-17-5-7-20-12-16(15)17/h4-5,7-8,12,14H,2-3,6,9-11,13H2,1H3,(H,19,23)/t14-/m1/s1. The third kappa shape index (κ3) is 4.05. The number of hydrogen-bond donors (Lipinski definition) is 1. The molecule has 5 nitrogen and oxygen atoms in total. The van der Waals surface area contributed by atoms with Gasteiger partial charge in [-0.25, -0.2) is 0 Å². The lowest BCUT2D eigenvalue weighted by molar-refractivity contribution is -0.121. The van der Waals surface area contributed by atoms with Crippen molar-refractivity contribution in [1.29, 1.82) is 0 Å². The van der Waals surface area contributed by atoms with E-state index in [4.69, 9.17) is 0 Å². The summed E-state index contributed by atoms with van der Waals surface area (Å²) >= 11 is 0. The SMILES string of the molecule is CNC(=O)CN1CCC[C@@H](Cc2ccnc3ccncc23)CC1. The van der Waals surface area contributed by atoms with Crippen LogP contribution in [0.15, 0.2) is 30.7 Å². The molecule has 5 heteroatoms. The highest BCUT2D eigenvalue weighted by Gasteiger charge is 2.19. The molecule has 0 radical (unpaired) electrons. The van der Waals surface area contributed by atoms with Gasteiger partial charge in [-0.15, -0.1) is 0 Å². The minimum Gasteiger partial charge on any atom is -0.358 e. The Balaban J connectivity index is 1.65. The molecular weight excluding hydrogens is 288 g/mol. The molecule has 0 aliphatic carbocycles. The van der Waals surface area contributed by atoms with Gasteiger partial charge < -0.3 is 5.32 Å². The van der Waals surface area contributed by atoms with Gasteiger partial charge in [0.05, 0.1) is 12.1 Å². The first-order chi connectivity index (χ1) is 11.3. The first kappa shape index (κ1) is 15.9. The molecule has 0 unspecified atom stereocenters. The van der Waals surface area contributed by atoms with Crippen molar-refractivity contribution in [3.05, 3.63) is 36.3 Å². The maximum Gasteiger partial charge on any atom is 0.233 e. The second-order valence-electron chi connectivity index (χ2n) is 6.31. The van der Waals surface area contributed by atoms with E-state index in [9.17, 15) is 4.79 Å². The molecule has 1 fully saturated rings. The van der Waals surface area contributed by atoms with Crippen LogP contribution in [0.2, 0.25) is 0 Å². The van der Waals surface area contributed by atoms with Gasteiger partial charge in [0.15, 0.2) is 0 Å². The van der Waals surface area contributed by atoms with E-state index >= 15 is 0 Å². The highest BCUT2D eigenvalue weighted by molar-refractivity contribution is 5.80. The normalized spacial score (nSPS) is 19.4. The Kier molecular flexibility index (Phi) is 5.18. The van der Waals surface area contributed by atoms with E-state index < -0.39 is 0 Å². The predicted molar refractivity (Wildman–Crippen MR) is 91.1 cm³/mol. The van der Waals surface area contributed by atoms with Crippen molar-refractivity contribution in [2.75, 3.05) is 26.7 Å². The molecule has 1 aliphatic heterocycles. The molecule has 23 heavy (non-hydrogen) atoms. The molecule has 122 valence electrons. The number of pyridine rings is 2. The predicted octanol–water partition coefficient (Wildman–Crippen LogP) is 2.02. The summed E-state index contributed by atoms with van der Waals surface area (Å²) in [4.78, 5) is 22.5. The molecular formula is C18H24N4O. The summed E-state index contributed by atoms with van der Waals surface area (Å²) in [5.74, 6) is 0.769. The number of rotatable bonds is 4. The van der Waals surface area contributed by atoms with E-state index in [0.29, 0.717) is 12.5 Å². The highest BCUT2D eigenvalue weighted by Crippen LogP contribution is 2.25. The van der Waals surface area contributed by atoms with E-state index in [1.165, 1.54) is 17.4 Å². The highest BCUT2D eigenvalue weighted by atomic mass is 16.1. The summed E-state index contributed by atoms with van der Waals surface area (Å²) in [5.41, 5.74) is 2.36. The van der Waals surface area contributed by atoms with Crippen LogP contribution in [0.25, 0.3) is 10.9 Å². The lowest BCUT2D eigenvalue weighted by Gasteiger charge is -2.19. The van der Waals surface area contributed by atoms with Crippen LogP contribution >= 0.6 is 0 Å². The van der Waals surface area contributed by atoms with Gasteiger partial charge in [0.2, 0.25) is 5.91 Å². The van der Waals surface area contributed by atoms with Crippen LogP contribution in [0, 0.1) is 5.92 Å². The van der Waals surface area contributed by atoms with Crippen molar-refractivity contribution in [3.63, 3.8) is 0 Å². The molecule has 1 aliphatic rings. The topological polar surface area (TPSA) is 58.1 Å². The van der Waals surface area contributed by atoms with Gasteiger partial charge in [-0.3, -0.25) is 19.7 Å². The first-order valence-corrected chi connectivity index (χ1v) is 8.37. The zero-order valence-corrected chi connectivity index (χ0v) is 13.7. The monoisotopic (exact) mass is 312 g/mol. The Morgan fingerprint density at radius 3 is 3.09 bits per heavy atom. The molecule has 2 aromatic heterocycles. The van der Waals surface area contributed by atoms with E-state index in [1.54, 1.807) is 13.2 Å². The molecule has 1 saturated heterocycles. The second-order valence-corrected chi connectivity index (χ2v) is 6.31. The number of nitrogens with zero attached hydrogens (tertiary/aromatic N) is 3. The van der Waals surface area contributed by atoms with Crippen LogP contribution in [0.3, 0.4) is 0 Å². The van der Waals surface area contributed by atoms with Gasteiger partial charge in [0, 0.05) is 31.0 Å². The zero-order chi connectivity index (χ0) is 16.1. The number of amides is 1. The summed E-state index contributed by atoms with van der Waals surface area (Å²) in [7, 11) is 1.70. The van der Waals surface area contributed by atoms with E-state index in [-0.39, 0.29) is 5.91 Å². The Morgan fingerprint density at radius 2 is 2.22 bits per heavy atom. The van der Waals surface area contributed by atoms with Crippen LogP contribution < -0.4 is 5.32 Å². The van der Waals surface area contributed by atoms with E-state index in [0.717, 1.165) is 37.9 Å². The van der Waals surface area contributed by atoms with Crippen molar-refractivity contribution in [1.82, 2.24) is 20.2 Å². The molecule has 3 heterocycles. The summed E-state index contributed by atoms with van der Waals surface area (Å²) in [6.45, 7) is 2.53. The lowest BCUT2D eigenvalue weighted by Crippen LogP contribution is -2.36. The van der Waals surface area contributed by atoms with Crippen LogP contribution in [0.1, 0.15) is 24.8 Å². The number of aromatic nitrogens is 2. The fourth-order valence-corrected chi connectivity index (χ4v) is 3.40. The molecule has 0 aromatic carbocycles. The molecule has 2 aromatic rings. The van der Waals surface area contributed by atoms with Crippen molar-refractivity contribution in [2.24, 2.45) is 5.92 Å². The average Bonchev–Trinajstić information content (AvgIpc) is 2.80. The zero-order valence-electron chi connectivity index (χ0n) is 13.7. The number of carbonyl (C=O) groups excluding carboxylic acids is 1. The molecule has 1 amide bonds. The Labute approximate surface area is 137 Å². The van der Waals surface area contributed by atoms with Crippen LogP contribution in [0.4, 0.5) is 0 Å². The van der Waals surface area contributed by atoms with Crippen molar-refractivity contribution >= 4 is 16.8 Å². The fourth-order valence-electron chi connectivity index (χ4n) is 3.40. The van der Waals surface area contributed by atoms with E-state index in [1.807, 2.05) is 18.5 Å². The maximum atomic E-state index is 11.5. The molecule has 0 bridgehead atoms. The van der Waals surface area contributed by atoms with Crippen molar-refractivity contribution < 1.29 is 4.79 Å². The fraction of sp³-hybridized carbons (Fsp3) is 0.500. The van der Waals surface area contributed by atoms with Crippen molar-refractivity contribution in [2.45, 2.75) is 25.7 Å². The van der Waals surface area contributed by atoms with Gasteiger partial charge in [-0.2, -0.15) is 0 Å². The largest absolute Gasteiger partial charge is 0.358 e. The lowest BCUT2D eigenvalue weighted by atomic mass is 9.92. The van der Waals surface area contributed by atoms with Crippen molar-refractivity contribution in [3.8, 4) is 0 Å². The summed E-state index contributed by atoms with van der Waals surface area (Å²) in [6, 6.07) is 4.09. The van der Waals surface area contributed by atoms with Gasteiger partial charge in [0.1, 0.15) is 0 Å². The quantitative estimate of drug-likeness (QED) is 0.938. The van der Waals surface area contributed by atoms with Gasteiger partial charge >= 0.3 is 0 Å². The molecule has 1 atom stereocenters. The Morgan fingerprint density at radius 1 is 1.30 bits per heavy atom. The third-order valence-electron chi connectivity index (χ3n) is 4.73. The number of fused-ring (bicyclic) bond motifs is 1. The first-order valence-electron chi connectivity index (χ1n) is 8.37. The second kappa shape index (κ2) is 7.51. The molecule has 3 rings (SSSR count). The minimum atomic E-state index is 0.106. The number of hydrogen-bond acceptors (Lipinski definition) is 4. The summed E-state index contributed by atoms with van der Waals surface area (Å²) in [5, 5.41) is 3.88. The maximum absolute atomic E-state index is 11.5. The molecule has 1 N–H and O–H groups in total. The van der Waals surface area contributed by atoms with Crippen LogP contribution in [-0.2, 0) is 11.2 Å². The minimum absolute atomic E-state index is 0.106. The number of likely N-dealkylation sites (tertiary alicyclic amines) is 1. The third-order valence-corrected chi connectivity index (χ3v) is 4.73. The Hall–Kier alpha value is -2.01. The Bertz CT molecular complexity index is 668. The number of carbonyl (C=O) groups is 1. The number of likely N-dealkylation sites (N-methyl/N-ethyl adjacent to an activating group) is 1. The summed E-state index contributed by atoms with van der Waals surface area (Å²) in [6.07, 6.45) is 10.2. The van der Waals surface area contributed by atoms with Gasteiger partial charge in [-0.05, 0) is 62.4 Å². The smallest absolute Gasteiger partial charge is 0.233 e. The van der Waals surface area contributed by atoms with Gasteiger partial charge in [-0.1, -0.05) is 0 Å². The molecule has 0 saturated carbocycles. The van der Waals surface area contributed by atoms with Crippen LogP contribution in [0.5, 0.6) is 0 Å². The average molecular weight is 312 g/mol. The molecule has 0 spiro atoms. The van der Waals surface area contributed by atoms with Gasteiger partial charge in [0.25, 0.3) is 0 Å². The van der Waals surface area contributed by atoms with E-state index in [2.05, 4.69) is 26.3 Å². The van der Waals surface area contributed by atoms with Crippen LogP contribution in [-0.4, -0.2) is 47.5 Å².